The van der Waals surface area contributed by atoms with Crippen LogP contribution in [0.3, 0.4) is 0 Å². The highest BCUT2D eigenvalue weighted by Gasteiger charge is 2.00. The molecule has 2 aromatic carbocycles. The smallest absolute Gasteiger partial charge is 0.129 e. The second kappa shape index (κ2) is 6.18. The molecule has 0 aliphatic rings. The molecule has 1 N–H and O–H groups in total. The first-order valence-electron chi connectivity index (χ1n) is 6.98. The number of para-hydroxylation sites is 1. The van der Waals surface area contributed by atoms with E-state index in [0.717, 1.165) is 23.7 Å². The van der Waals surface area contributed by atoms with Gasteiger partial charge < -0.3 is 14.6 Å². The van der Waals surface area contributed by atoms with Crippen LogP contribution in [-0.2, 0) is 13.6 Å². The molecule has 0 bridgehead atoms. The number of nitrogens with zero attached hydrogens (tertiary/aromatic N) is 1. The standard InChI is InChI=1S/C18H18N2O/c1-20-12-6-8-16(20)14-19-15-7-5-11-18(13-15)21-17-9-3-2-4-10-17/h2-13,19H,14H2,1H3. The quantitative estimate of drug-likeness (QED) is 0.747. The van der Waals surface area contributed by atoms with Crippen molar-refractivity contribution in [2.24, 2.45) is 7.05 Å². The number of benzene rings is 2. The summed E-state index contributed by atoms with van der Waals surface area (Å²) in [4.78, 5) is 0. The van der Waals surface area contributed by atoms with Crippen molar-refractivity contribution in [3.8, 4) is 11.5 Å². The Labute approximate surface area is 124 Å². The Morgan fingerprint density at radius 1 is 0.905 bits per heavy atom. The van der Waals surface area contributed by atoms with Crippen molar-refractivity contribution < 1.29 is 4.74 Å². The van der Waals surface area contributed by atoms with Gasteiger partial charge in [-0.15, -0.1) is 0 Å². The Morgan fingerprint density at radius 2 is 1.71 bits per heavy atom. The fourth-order valence-corrected chi connectivity index (χ4v) is 2.17. The van der Waals surface area contributed by atoms with E-state index >= 15 is 0 Å². The largest absolute Gasteiger partial charge is 0.457 e. The van der Waals surface area contributed by atoms with Crippen LogP contribution in [0.4, 0.5) is 5.69 Å². The first kappa shape index (κ1) is 13.3. The number of nitrogens with one attached hydrogen (secondary N) is 1. The molecule has 0 unspecified atom stereocenters. The molecule has 0 atom stereocenters. The van der Waals surface area contributed by atoms with E-state index < -0.39 is 0 Å². The average molecular weight is 278 g/mol. The third kappa shape index (κ3) is 3.45. The molecule has 0 spiro atoms. The lowest BCUT2D eigenvalue weighted by molar-refractivity contribution is 0.483. The summed E-state index contributed by atoms with van der Waals surface area (Å²) in [7, 11) is 2.05. The molecule has 21 heavy (non-hydrogen) atoms. The first-order valence-corrected chi connectivity index (χ1v) is 6.98. The molecule has 3 nitrogen and oxygen atoms in total. The Balaban J connectivity index is 1.67. The molecule has 106 valence electrons. The van der Waals surface area contributed by atoms with Gasteiger partial charge in [-0.1, -0.05) is 24.3 Å². The van der Waals surface area contributed by atoms with Crippen LogP contribution in [0.5, 0.6) is 11.5 Å². The summed E-state index contributed by atoms with van der Waals surface area (Å²) in [5.41, 5.74) is 2.29. The molecule has 1 heterocycles. The number of hydrogen-bond acceptors (Lipinski definition) is 2. The number of aryl methyl sites for hydroxylation is 1. The summed E-state index contributed by atoms with van der Waals surface area (Å²) in [6.45, 7) is 0.790. The van der Waals surface area contributed by atoms with E-state index in [9.17, 15) is 0 Å². The van der Waals surface area contributed by atoms with Crippen molar-refractivity contribution in [1.82, 2.24) is 4.57 Å². The zero-order chi connectivity index (χ0) is 14.5. The number of rotatable bonds is 5. The summed E-state index contributed by atoms with van der Waals surface area (Å²) in [6.07, 6.45) is 2.05. The first-order chi connectivity index (χ1) is 10.3. The Kier molecular flexibility index (Phi) is 3.92. The van der Waals surface area contributed by atoms with E-state index in [0.29, 0.717) is 0 Å². The van der Waals surface area contributed by atoms with Gasteiger partial charge in [0, 0.05) is 30.7 Å². The van der Waals surface area contributed by atoms with Gasteiger partial charge in [-0.3, -0.25) is 0 Å². The van der Waals surface area contributed by atoms with Crippen LogP contribution in [-0.4, -0.2) is 4.57 Å². The molecule has 3 rings (SSSR count). The maximum absolute atomic E-state index is 5.83. The van der Waals surface area contributed by atoms with Crippen molar-refractivity contribution >= 4 is 5.69 Å². The van der Waals surface area contributed by atoms with Crippen LogP contribution in [0.1, 0.15) is 5.69 Å². The zero-order valence-corrected chi connectivity index (χ0v) is 12.0. The molecule has 0 saturated carbocycles. The summed E-state index contributed by atoms with van der Waals surface area (Å²) in [5, 5.41) is 3.41. The van der Waals surface area contributed by atoms with Crippen LogP contribution in [0.15, 0.2) is 72.9 Å². The predicted octanol–water partition coefficient (Wildman–Crippen LogP) is 4.43. The van der Waals surface area contributed by atoms with Crippen LogP contribution >= 0.6 is 0 Å². The van der Waals surface area contributed by atoms with E-state index in [1.807, 2.05) is 73.9 Å². The molecule has 0 fully saturated rings. The molecule has 0 aliphatic heterocycles. The van der Waals surface area contributed by atoms with E-state index in [-0.39, 0.29) is 0 Å². The highest BCUT2D eigenvalue weighted by atomic mass is 16.5. The van der Waals surface area contributed by atoms with E-state index in [1.54, 1.807) is 0 Å². The molecule has 0 amide bonds. The average Bonchev–Trinajstić information content (AvgIpc) is 2.92. The van der Waals surface area contributed by atoms with Gasteiger partial charge in [0.2, 0.25) is 0 Å². The van der Waals surface area contributed by atoms with Gasteiger partial charge in [-0.25, -0.2) is 0 Å². The lowest BCUT2D eigenvalue weighted by atomic mass is 10.3. The summed E-state index contributed by atoms with van der Waals surface area (Å²) in [5.74, 6) is 1.68. The van der Waals surface area contributed by atoms with Crippen molar-refractivity contribution in [3.63, 3.8) is 0 Å². The van der Waals surface area contributed by atoms with Gasteiger partial charge in [0.25, 0.3) is 0 Å². The number of hydrogen-bond donors (Lipinski definition) is 1. The van der Waals surface area contributed by atoms with Gasteiger partial charge in [0.05, 0.1) is 6.54 Å². The van der Waals surface area contributed by atoms with E-state index in [2.05, 4.69) is 16.0 Å². The summed E-state index contributed by atoms with van der Waals surface area (Å²) in [6, 6.07) is 22.0. The summed E-state index contributed by atoms with van der Waals surface area (Å²) >= 11 is 0. The topological polar surface area (TPSA) is 26.2 Å². The number of anilines is 1. The monoisotopic (exact) mass is 278 g/mol. The minimum absolute atomic E-state index is 0.790. The van der Waals surface area contributed by atoms with Gasteiger partial charge in [-0.2, -0.15) is 0 Å². The van der Waals surface area contributed by atoms with E-state index in [4.69, 9.17) is 4.74 Å². The third-order valence-corrected chi connectivity index (χ3v) is 3.34. The molecule has 0 saturated heterocycles. The molecule has 1 aromatic heterocycles. The van der Waals surface area contributed by atoms with Gasteiger partial charge in [-0.05, 0) is 36.4 Å². The second-order valence-corrected chi connectivity index (χ2v) is 4.91. The fourth-order valence-electron chi connectivity index (χ4n) is 2.17. The number of ether oxygens (including phenoxy) is 1. The maximum atomic E-state index is 5.83. The van der Waals surface area contributed by atoms with Gasteiger partial charge in [0.15, 0.2) is 0 Å². The van der Waals surface area contributed by atoms with E-state index in [1.165, 1.54) is 5.69 Å². The zero-order valence-electron chi connectivity index (χ0n) is 12.0. The third-order valence-electron chi connectivity index (χ3n) is 3.34. The SMILES string of the molecule is Cn1cccc1CNc1cccc(Oc2ccccc2)c1. The lowest BCUT2D eigenvalue weighted by Crippen LogP contribution is -2.03. The molecular weight excluding hydrogens is 260 g/mol. The highest BCUT2D eigenvalue weighted by molar-refractivity contribution is 5.49. The van der Waals surface area contributed by atoms with Crippen molar-refractivity contribution in [3.05, 3.63) is 78.6 Å². The van der Waals surface area contributed by atoms with Crippen molar-refractivity contribution in [2.45, 2.75) is 6.54 Å². The van der Waals surface area contributed by atoms with Crippen LogP contribution in [0.2, 0.25) is 0 Å². The van der Waals surface area contributed by atoms with Crippen LogP contribution < -0.4 is 10.1 Å². The minimum atomic E-state index is 0.790. The molecule has 3 aromatic rings. The maximum Gasteiger partial charge on any atom is 0.129 e. The number of aromatic nitrogens is 1. The summed E-state index contributed by atoms with van der Waals surface area (Å²) < 4.78 is 7.94. The van der Waals surface area contributed by atoms with Crippen molar-refractivity contribution in [1.29, 1.82) is 0 Å². The normalized spacial score (nSPS) is 10.3. The molecule has 0 aliphatic carbocycles. The molecule has 0 radical (unpaired) electrons. The van der Waals surface area contributed by atoms with Gasteiger partial charge >= 0.3 is 0 Å². The highest BCUT2D eigenvalue weighted by Crippen LogP contribution is 2.24. The van der Waals surface area contributed by atoms with Crippen LogP contribution in [0, 0.1) is 0 Å². The predicted molar refractivity (Wildman–Crippen MR) is 85.7 cm³/mol. The minimum Gasteiger partial charge on any atom is -0.457 e. The fraction of sp³-hybridized carbons (Fsp3) is 0.111. The van der Waals surface area contributed by atoms with Crippen molar-refractivity contribution in [2.75, 3.05) is 5.32 Å². The Hall–Kier alpha value is -2.68. The lowest BCUT2D eigenvalue weighted by Gasteiger charge is -2.10. The van der Waals surface area contributed by atoms with Gasteiger partial charge in [0.1, 0.15) is 11.5 Å². The Bertz CT molecular complexity index is 704. The second-order valence-electron chi connectivity index (χ2n) is 4.91. The van der Waals surface area contributed by atoms with Crippen LogP contribution in [0.25, 0.3) is 0 Å². The molecular formula is C18H18N2O. The Morgan fingerprint density at radius 3 is 2.48 bits per heavy atom. The molecule has 3 heteroatoms.